The van der Waals surface area contributed by atoms with Crippen LogP contribution in [0.3, 0.4) is 0 Å². The first-order chi connectivity index (χ1) is 19.9. The minimum absolute atomic E-state index is 0.0217. The molecule has 0 saturated heterocycles. The Labute approximate surface area is 262 Å². The molecule has 3 aromatic carbocycles. The largest absolute Gasteiger partial charge is 0.352 e. The fraction of sp³-hybridized carbons (Fsp3) is 0.355. The van der Waals surface area contributed by atoms with Crippen LogP contribution in [0.4, 0.5) is 5.69 Å². The summed E-state index contributed by atoms with van der Waals surface area (Å²) in [6.07, 6.45) is 3.84. The first-order valence-corrected chi connectivity index (χ1v) is 16.3. The van der Waals surface area contributed by atoms with Crippen molar-refractivity contribution >= 4 is 62.3 Å². The van der Waals surface area contributed by atoms with Crippen molar-refractivity contribution in [2.45, 2.75) is 70.0 Å². The van der Waals surface area contributed by atoms with Crippen LogP contribution in [-0.4, -0.2) is 43.8 Å². The highest BCUT2D eigenvalue weighted by atomic mass is 35.5. The fourth-order valence-electron chi connectivity index (χ4n) is 5.06. The molecule has 1 atom stereocenters. The van der Waals surface area contributed by atoms with E-state index in [1.54, 1.807) is 62.4 Å². The quantitative estimate of drug-likeness (QED) is 0.258. The van der Waals surface area contributed by atoms with E-state index in [0.717, 1.165) is 35.6 Å². The highest BCUT2D eigenvalue weighted by molar-refractivity contribution is 7.92. The number of carbonyl (C=O) groups is 2. The second-order valence-electron chi connectivity index (χ2n) is 10.7. The van der Waals surface area contributed by atoms with Gasteiger partial charge in [0.05, 0.1) is 10.6 Å². The van der Waals surface area contributed by atoms with Gasteiger partial charge in [-0.15, -0.1) is 0 Å². The lowest BCUT2D eigenvalue weighted by Crippen LogP contribution is -2.52. The third-order valence-electron chi connectivity index (χ3n) is 7.54. The maximum absolute atomic E-state index is 14.1. The summed E-state index contributed by atoms with van der Waals surface area (Å²) in [5.41, 5.74) is 2.35. The molecule has 0 heterocycles. The van der Waals surface area contributed by atoms with E-state index in [-0.39, 0.29) is 23.4 Å². The van der Waals surface area contributed by atoms with Gasteiger partial charge in [-0.3, -0.25) is 13.9 Å². The number of benzene rings is 3. The Bertz CT molecular complexity index is 1560. The van der Waals surface area contributed by atoms with Crippen LogP contribution < -0.4 is 9.62 Å². The summed E-state index contributed by atoms with van der Waals surface area (Å²) in [6, 6.07) is 15.3. The first-order valence-electron chi connectivity index (χ1n) is 13.8. The predicted molar refractivity (Wildman–Crippen MR) is 169 cm³/mol. The van der Waals surface area contributed by atoms with Gasteiger partial charge >= 0.3 is 0 Å². The van der Waals surface area contributed by atoms with E-state index < -0.39 is 28.5 Å². The SMILES string of the molecule is Cc1ccc(S(=O)(=O)N(CC(=O)N(Cc2ccc(Cl)cc2Cl)[C@H](C)C(=O)NC2CCCC2)c2ccc(Cl)cc2C)cc1. The molecule has 42 heavy (non-hydrogen) atoms. The molecule has 0 aromatic heterocycles. The lowest BCUT2D eigenvalue weighted by atomic mass is 10.1. The van der Waals surface area contributed by atoms with Gasteiger partial charge in [-0.25, -0.2) is 8.42 Å². The Hall–Kier alpha value is -2.78. The number of nitrogens with one attached hydrogen (secondary N) is 1. The number of hydrogen-bond donors (Lipinski definition) is 1. The van der Waals surface area contributed by atoms with Crippen molar-refractivity contribution < 1.29 is 18.0 Å². The molecule has 0 radical (unpaired) electrons. The molecule has 1 fully saturated rings. The van der Waals surface area contributed by atoms with Gasteiger partial charge in [0.25, 0.3) is 10.0 Å². The van der Waals surface area contributed by atoms with Gasteiger partial charge in [0.2, 0.25) is 11.8 Å². The number of hydrogen-bond acceptors (Lipinski definition) is 4. The number of aryl methyl sites for hydroxylation is 2. The summed E-state index contributed by atoms with van der Waals surface area (Å²) in [7, 11) is -4.19. The standard InChI is InChI=1S/C31H34Cl3N3O4S/c1-20-8-13-27(14-9-20)42(40,41)37(29-15-12-24(32)16-21(29)2)19-30(38)36(18-23-10-11-25(33)17-28(23)34)22(3)31(39)35-26-6-4-5-7-26/h8-17,22,26H,4-7,18-19H2,1-3H3,(H,35,39)/t22-/m1/s1. The molecule has 4 rings (SSSR count). The smallest absolute Gasteiger partial charge is 0.264 e. The number of carbonyl (C=O) groups excluding carboxylic acids is 2. The molecule has 1 N–H and O–H groups in total. The first kappa shape index (κ1) is 32.1. The van der Waals surface area contributed by atoms with E-state index in [9.17, 15) is 18.0 Å². The molecule has 0 spiro atoms. The van der Waals surface area contributed by atoms with Crippen LogP contribution in [0.2, 0.25) is 15.1 Å². The molecule has 3 aromatic rings. The normalized spacial score (nSPS) is 14.4. The Balaban J connectivity index is 1.73. The van der Waals surface area contributed by atoms with Gasteiger partial charge in [0.15, 0.2) is 0 Å². The van der Waals surface area contributed by atoms with Gasteiger partial charge in [-0.1, -0.05) is 71.4 Å². The summed E-state index contributed by atoms with van der Waals surface area (Å²) in [6.45, 7) is 4.65. The van der Waals surface area contributed by atoms with Gasteiger partial charge in [0.1, 0.15) is 12.6 Å². The van der Waals surface area contributed by atoms with Crippen LogP contribution >= 0.6 is 34.8 Å². The second kappa shape index (κ2) is 13.7. The van der Waals surface area contributed by atoms with E-state index in [1.165, 1.54) is 17.0 Å². The molecule has 0 bridgehead atoms. The third-order valence-corrected chi connectivity index (χ3v) is 10.1. The van der Waals surface area contributed by atoms with Crippen molar-refractivity contribution in [3.8, 4) is 0 Å². The minimum Gasteiger partial charge on any atom is -0.352 e. The van der Waals surface area contributed by atoms with Crippen molar-refractivity contribution in [1.82, 2.24) is 10.2 Å². The van der Waals surface area contributed by atoms with Crippen LogP contribution in [0.25, 0.3) is 0 Å². The Kier molecular flexibility index (Phi) is 10.5. The van der Waals surface area contributed by atoms with Gasteiger partial charge < -0.3 is 10.2 Å². The Morgan fingerprint density at radius 3 is 2.17 bits per heavy atom. The molecule has 1 aliphatic rings. The van der Waals surface area contributed by atoms with E-state index in [0.29, 0.717) is 31.9 Å². The van der Waals surface area contributed by atoms with Crippen LogP contribution in [0.5, 0.6) is 0 Å². The summed E-state index contributed by atoms with van der Waals surface area (Å²) in [5, 5.41) is 4.26. The molecular formula is C31H34Cl3N3O4S. The monoisotopic (exact) mass is 649 g/mol. The minimum atomic E-state index is -4.19. The maximum Gasteiger partial charge on any atom is 0.264 e. The van der Waals surface area contributed by atoms with Gasteiger partial charge in [-0.2, -0.15) is 0 Å². The zero-order valence-electron chi connectivity index (χ0n) is 23.7. The number of rotatable bonds is 10. The van der Waals surface area contributed by atoms with Crippen molar-refractivity contribution in [1.29, 1.82) is 0 Å². The van der Waals surface area contributed by atoms with Crippen molar-refractivity contribution in [3.05, 3.63) is 92.4 Å². The van der Waals surface area contributed by atoms with E-state index in [1.807, 2.05) is 6.92 Å². The highest BCUT2D eigenvalue weighted by Gasteiger charge is 2.34. The third kappa shape index (κ3) is 7.59. The topological polar surface area (TPSA) is 86.8 Å². The maximum atomic E-state index is 14.1. The summed E-state index contributed by atoms with van der Waals surface area (Å²) >= 11 is 18.7. The zero-order chi connectivity index (χ0) is 30.6. The number of halogens is 3. The van der Waals surface area contributed by atoms with Crippen LogP contribution in [0.1, 0.15) is 49.3 Å². The van der Waals surface area contributed by atoms with Crippen LogP contribution in [0.15, 0.2) is 65.6 Å². The van der Waals surface area contributed by atoms with Crippen LogP contribution in [0, 0.1) is 13.8 Å². The molecule has 7 nitrogen and oxygen atoms in total. The van der Waals surface area contributed by atoms with E-state index in [4.69, 9.17) is 34.8 Å². The van der Waals surface area contributed by atoms with Gasteiger partial charge in [0, 0.05) is 27.7 Å². The van der Waals surface area contributed by atoms with E-state index >= 15 is 0 Å². The van der Waals surface area contributed by atoms with Gasteiger partial charge in [-0.05, 0) is 87.2 Å². The molecule has 11 heteroatoms. The highest BCUT2D eigenvalue weighted by Crippen LogP contribution is 2.30. The summed E-state index contributed by atoms with van der Waals surface area (Å²) < 4.78 is 29.1. The number of nitrogens with zero attached hydrogens (tertiary/aromatic N) is 2. The molecule has 1 aliphatic carbocycles. The average molecular weight is 651 g/mol. The van der Waals surface area contributed by atoms with Crippen molar-refractivity contribution in [2.24, 2.45) is 0 Å². The summed E-state index contributed by atoms with van der Waals surface area (Å²) in [4.78, 5) is 28.9. The van der Waals surface area contributed by atoms with Crippen LogP contribution in [-0.2, 0) is 26.2 Å². The lowest BCUT2D eigenvalue weighted by Gasteiger charge is -2.33. The average Bonchev–Trinajstić information content (AvgIpc) is 3.44. The molecule has 224 valence electrons. The fourth-order valence-corrected chi connectivity index (χ4v) is 7.23. The van der Waals surface area contributed by atoms with E-state index in [2.05, 4.69) is 5.32 Å². The van der Waals surface area contributed by atoms with Crippen molar-refractivity contribution in [3.63, 3.8) is 0 Å². The predicted octanol–water partition coefficient (Wildman–Crippen LogP) is 6.94. The molecule has 0 aliphatic heterocycles. The molecule has 0 unspecified atom stereocenters. The summed E-state index contributed by atoms with van der Waals surface area (Å²) in [5.74, 6) is -0.879. The number of sulfonamides is 1. The molecule has 1 saturated carbocycles. The lowest BCUT2D eigenvalue weighted by molar-refractivity contribution is -0.139. The Morgan fingerprint density at radius 2 is 1.55 bits per heavy atom. The van der Waals surface area contributed by atoms with Crippen molar-refractivity contribution in [2.75, 3.05) is 10.8 Å². The molecule has 2 amide bonds. The molecular weight excluding hydrogens is 617 g/mol. The number of amides is 2. The number of anilines is 1. The zero-order valence-corrected chi connectivity index (χ0v) is 26.8. The second-order valence-corrected chi connectivity index (χ2v) is 13.8. The Morgan fingerprint density at radius 1 is 0.929 bits per heavy atom.